The van der Waals surface area contributed by atoms with Crippen molar-refractivity contribution in [2.24, 2.45) is 5.84 Å². The molecule has 0 unspecified atom stereocenters. The van der Waals surface area contributed by atoms with E-state index in [1.807, 2.05) is 13.0 Å². The molecule has 1 aromatic carbocycles. The van der Waals surface area contributed by atoms with Crippen molar-refractivity contribution < 1.29 is 9.47 Å². The van der Waals surface area contributed by atoms with Gasteiger partial charge in [-0.05, 0) is 18.6 Å². The van der Waals surface area contributed by atoms with Crippen LogP contribution < -0.4 is 20.7 Å². The van der Waals surface area contributed by atoms with Crippen LogP contribution in [0.1, 0.15) is 5.56 Å². The predicted octanol–water partition coefficient (Wildman–Crippen LogP) is 2.50. The fourth-order valence-electron chi connectivity index (χ4n) is 1.80. The monoisotopic (exact) mass is 267 g/mol. The van der Waals surface area contributed by atoms with Crippen molar-refractivity contribution in [3.63, 3.8) is 0 Å². The van der Waals surface area contributed by atoms with Crippen LogP contribution in [-0.2, 0) is 0 Å². The Labute approximate surface area is 110 Å². The Morgan fingerprint density at radius 2 is 1.89 bits per heavy atom. The van der Waals surface area contributed by atoms with Gasteiger partial charge in [-0.15, -0.1) is 0 Å². The van der Waals surface area contributed by atoms with Crippen LogP contribution in [0, 0.1) is 6.92 Å². The summed E-state index contributed by atoms with van der Waals surface area (Å²) < 4.78 is 10.5. The van der Waals surface area contributed by atoms with Crippen molar-refractivity contribution >= 4 is 28.3 Å². The fourth-order valence-corrected chi connectivity index (χ4v) is 2.08. The lowest BCUT2D eigenvalue weighted by atomic mass is 10.1. The summed E-state index contributed by atoms with van der Waals surface area (Å²) in [5.41, 5.74) is 4.08. The highest BCUT2D eigenvalue weighted by molar-refractivity contribution is 6.37. The molecule has 0 saturated heterocycles. The third-order valence-electron chi connectivity index (χ3n) is 2.74. The number of nitrogens with one attached hydrogen (secondary N) is 1. The number of nitrogens with zero attached hydrogens (tertiary/aromatic N) is 1. The van der Waals surface area contributed by atoms with E-state index in [1.54, 1.807) is 20.3 Å². The molecule has 0 aliphatic rings. The van der Waals surface area contributed by atoms with Crippen LogP contribution >= 0.6 is 11.6 Å². The van der Waals surface area contributed by atoms with Crippen molar-refractivity contribution in [1.29, 1.82) is 0 Å². The first kappa shape index (κ1) is 12.7. The summed E-state index contributed by atoms with van der Waals surface area (Å²) in [5, 5.41) is 1.27. The molecule has 18 heavy (non-hydrogen) atoms. The summed E-state index contributed by atoms with van der Waals surface area (Å²) in [6, 6.07) is 3.60. The predicted molar refractivity (Wildman–Crippen MR) is 72.4 cm³/mol. The van der Waals surface area contributed by atoms with Crippen molar-refractivity contribution in [1.82, 2.24) is 4.98 Å². The molecule has 0 atom stereocenters. The molecule has 5 nitrogen and oxygen atoms in total. The van der Waals surface area contributed by atoms with Gasteiger partial charge in [0.1, 0.15) is 22.8 Å². The van der Waals surface area contributed by atoms with Crippen LogP contribution in [0.15, 0.2) is 12.1 Å². The lowest BCUT2D eigenvalue weighted by molar-refractivity contribution is 0.397. The van der Waals surface area contributed by atoms with Crippen molar-refractivity contribution in [2.45, 2.75) is 6.92 Å². The van der Waals surface area contributed by atoms with Crippen molar-refractivity contribution in [3.8, 4) is 11.5 Å². The first-order valence-corrected chi connectivity index (χ1v) is 5.68. The zero-order chi connectivity index (χ0) is 13.3. The maximum Gasteiger partial charge on any atom is 0.148 e. The molecule has 6 heteroatoms. The highest BCUT2D eigenvalue weighted by Crippen LogP contribution is 2.39. The minimum Gasteiger partial charge on any atom is -0.495 e. The maximum atomic E-state index is 6.27. The van der Waals surface area contributed by atoms with E-state index in [4.69, 9.17) is 26.9 Å². The van der Waals surface area contributed by atoms with E-state index in [0.717, 1.165) is 10.9 Å². The Morgan fingerprint density at radius 1 is 1.22 bits per heavy atom. The Balaban J connectivity index is 2.86. The zero-order valence-corrected chi connectivity index (χ0v) is 11.1. The van der Waals surface area contributed by atoms with Gasteiger partial charge in [0.2, 0.25) is 0 Å². The molecule has 0 spiro atoms. The molecular weight excluding hydrogens is 254 g/mol. The van der Waals surface area contributed by atoms with Crippen molar-refractivity contribution in [2.75, 3.05) is 19.6 Å². The molecule has 0 amide bonds. The number of aryl methyl sites for hydroxylation is 1. The SMILES string of the molecule is COc1cc(OC)c2nc(NN)c(C)cc2c1Cl. The van der Waals surface area contributed by atoms with E-state index in [9.17, 15) is 0 Å². The molecular formula is C12H14ClN3O2. The number of benzene rings is 1. The lowest BCUT2D eigenvalue weighted by Crippen LogP contribution is -2.10. The molecule has 2 aromatic rings. The van der Waals surface area contributed by atoms with E-state index in [0.29, 0.717) is 27.9 Å². The topological polar surface area (TPSA) is 69.4 Å². The molecule has 0 bridgehead atoms. The fraction of sp³-hybridized carbons (Fsp3) is 0.250. The number of hydrogen-bond donors (Lipinski definition) is 2. The number of aromatic nitrogens is 1. The molecule has 0 radical (unpaired) electrons. The Hall–Kier alpha value is -1.72. The molecule has 1 heterocycles. The Morgan fingerprint density at radius 3 is 2.44 bits per heavy atom. The van der Waals surface area contributed by atoms with Crippen LogP contribution in [-0.4, -0.2) is 19.2 Å². The molecule has 0 aliphatic heterocycles. The number of ether oxygens (including phenoxy) is 2. The minimum atomic E-state index is 0.507. The van der Waals surface area contributed by atoms with Crippen LogP contribution in [0.4, 0.5) is 5.82 Å². The quantitative estimate of drug-likeness (QED) is 0.660. The van der Waals surface area contributed by atoms with Crippen LogP contribution in [0.25, 0.3) is 10.9 Å². The summed E-state index contributed by atoms with van der Waals surface area (Å²) >= 11 is 6.27. The summed E-state index contributed by atoms with van der Waals surface area (Å²) in [6.45, 7) is 1.89. The van der Waals surface area contributed by atoms with Gasteiger partial charge in [0.25, 0.3) is 0 Å². The summed E-state index contributed by atoms with van der Waals surface area (Å²) in [4.78, 5) is 4.40. The van der Waals surface area contributed by atoms with Crippen molar-refractivity contribution in [3.05, 3.63) is 22.7 Å². The summed E-state index contributed by atoms with van der Waals surface area (Å²) in [5.74, 6) is 7.14. The average Bonchev–Trinajstić information content (AvgIpc) is 2.39. The van der Waals surface area contributed by atoms with Gasteiger partial charge < -0.3 is 14.9 Å². The highest BCUT2D eigenvalue weighted by atomic mass is 35.5. The van der Waals surface area contributed by atoms with Gasteiger partial charge in [0, 0.05) is 11.5 Å². The number of anilines is 1. The second-order valence-electron chi connectivity index (χ2n) is 3.79. The Bertz CT molecular complexity index is 602. The smallest absolute Gasteiger partial charge is 0.148 e. The molecule has 1 aromatic heterocycles. The number of rotatable bonds is 3. The van der Waals surface area contributed by atoms with Gasteiger partial charge >= 0.3 is 0 Å². The van der Waals surface area contributed by atoms with Gasteiger partial charge in [0.15, 0.2) is 0 Å². The first-order chi connectivity index (χ1) is 8.62. The number of hydrazine groups is 1. The van der Waals surface area contributed by atoms with Gasteiger partial charge in [-0.1, -0.05) is 11.6 Å². The number of nitrogens with two attached hydrogens (primary N) is 1. The van der Waals surface area contributed by atoms with Crippen LogP contribution in [0.2, 0.25) is 5.02 Å². The zero-order valence-electron chi connectivity index (χ0n) is 10.4. The lowest BCUT2D eigenvalue weighted by Gasteiger charge is -2.13. The molecule has 96 valence electrons. The second kappa shape index (κ2) is 4.88. The maximum absolute atomic E-state index is 6.27. The number of halogens is 1. The molecule has 0 fully saturated rings. The highest BCUT2D eigenvalue weighted by Gasteiger charge is 2.15. The minimum absolute atomic E-state index is 0.507. The standard InChI is InChI=1S/C12H14ClN3O2/c1-6-4-7-10(13)8(17-2)5-9(18-3)11(7)15-12(6)16-14/h4-5H,14H2,1-3H3,(H,15,16). The van der Waals surface area contributed by atoms with Crippen LogP contribution in [0.5, 0.6) is 11.5 Å². The van der Waals surface area contributed by atoms with E-state index >= 15 is 0 Å². The summed E-state index contributed by atoms with van der Waals surface area (Å²) in [7, 11) is 3.13. The van der Waals surface area contributed by atoms with E-state index in [-0.39, 0.29) is 0 Å². The van der Waals surface area contributed by atoms with Gasteiger partial charge in [0.05, 0.1) is 19.2 Å². The molecule has 2 rings (SSSR count). The van der Waals surface area contributed by atoms with Gasteiger partial charge in [-0.3, -0.25) is 0 Å². The molecule has 3 N–H and O–H groups in total. The second-order valence-corrected chi connectivity index (χ2v) is 4.17. The third-order valence-corrected chi connectivity index (χ3v) is 3.13. The van der Waals surface area contributed by atoms with E-state index < -0.39 is 0 Å². The molecule has 0 saturated carbocycles. The number of nitrogen functional groups attached to an aromatic ring is 1. The summed E-state index contributed by atoms with van der Waals surface area (Å²) in [6.07, 6.45) is 0. The Kier molecular flexibility index (Phi) is 3.45. The average molecular weight is 268 g/mol. The van der Waals surface area contributed by atoms with E-state index in [1.165, 1.54) is 0 Å². The van der Waals surface area contributed by atoms with Gasteiger partial charge in [-0.2, -0.15) is 0 Å². The van der Waals surface area contributed by atoms with E-state index in [2.05, 4.69) is 10.4 Å². The van der Waals surface area contributed by atoms with Gasteiger partial charge in [-0.25, -0.2) is 10.8 Å². The first-order valence-electron chi connectivity index (χ1n) is 5.30. The normalized spacial score (nSPS) is 10.5. The molecule has 0 aliphatic carbocycles. The number of hydrogen-bond acceptors (Lipinski definition) is 5. The largest absolute Gasteiger partial charge is 0.495 e. The number of pyridine rings is 1. The van der Waals surface area contributed by atoms with Crippen LogP contribution in [0.3, 0.4) is 0 Å². The number of fused-ring (bicyclic) bond motifs is 1. The third kappa shape index (κ3) is 1.91. The number of methoxy groups -OCH3 is 2.